The smallest absolute Gasteiger partial charge is 0.308 e. The topological polar surface area (TPSA) is 66.4 Å². The molecule has 0 radical (unpaired) electrons. The van der Waals surface area contributed by atoms with E-state index in [1.165, 1.54) is 30.8 Å². The van der Waals surface area contributed by atoms with Crippen LogP contribution in [0.15, 0.2) is 24.3 Å². The summed E-state index contributed by atoms with van der Waals surface area (Å²) in [4.78, 5) is 22.0. The minimum atomic E-state index is -0.931. The van der Waals surface area contributed by atoms with Crippen molar-refractivity contribution in [1.29, 1.82) is 0 Å². The van der Waals surface area contributed by atoms with Gasteiger partial charge in [0.25, 0.3) is 0 Å². The Labute approximate surface area is 115 Å². The molecule has 0 fully saturated rings. The number of carboxylic acids is 1. The van der Waals surface area contributed by atoms with Gasteiger partial charge < -0.3 is 10.4 Å². The number of nitrogens with one attached hydrogen (secondary N) is 1. The number of carbonyl (C=O) groups excluding carboxylic acids is 1. The number of benzene rings is 1. The summed E-state index contributed by atoms with van der Waals surface area (Å²) in [6.07, 6.45) is 0. The predicted molar refractivity (Wildman–Crippen MR) is 72.4 cm³/mol. The Balaban J connectivity index is 2.20. The standard InChI is InChI=1S/C13H16FNO3S/c1-9(13(17)18)6-15-12(16)8-19-7-10-2-4-11(14)5-3-10/h2-5,9H,6-8H2,1H3,(H,15,16)(H,17,18). The molecule has 0 aromatic heterocycles. The fourth-order valence-electron chi connectivity index (χ4n) is 1.25. The maximum Gasteiger partial charge on any atom is 0.308 e. The summed E-state index contributed by atoms with van der Waals surface area (Å²) < 4.78 is 12.7. The average molecular weight is 285 g/mol. The second-order valence-electron chi connectivity index (χ2n) is 4.16. The third-order valence-corrected chi connectivity index (χ3v) is 3.45. The Kier molecular flexibility index (Phi) is 6.35. The van der Waals surface area contributed by atoms with Crippen LogP contribution in [0, 0.1) is 11.7 Å². The summed E-state index contributed by atoms with van der Waals surface area (Å²) in [6, 6.07) is 6.11. The summed E-state index contributed by atoms with van der Waals surface area (Å²) >= 11 is 1.40. The van der Waals surface area contributed by atoms with Gasteiger partial charge in [-0.15, -0.1) is 11.8 Å². The maximum absolute atomic E-state index is 12.7. The molecule has 1 rings (SSSR count). The van der Waals surface area contributed by atoms with E-state index in [1.54, 1.807) is 12.1 Å². The number of thioether (sulfide) groups is 1. The lowest BCUT2D eigenvalue weighted by Gasteiger charge is -2.08. The number of hydrogen-bond acceptors (Lipinski definition) is 3. The molecule has 0 heterocycles. The number of carbonyl (C=O) groups is 2. The summed E-state index contributed by atoms with van der Waals surface area (Å²) in [7, 11) is 0. The van der Waals surface area contributed by atoms with Gasteiger partial charge >= 0.3 is 5.97 Å². The zero-order valence-corrected chi connectivity index (χ0v) is 11.4. The monoisotopic (exact) mass is 285 g/mol. The van der Waals surface area contributed by atoms with Crippen molar-refractivity contribution in [3.63, 3.8) is 0 Å². The molecule has 0 bridgehead atoms. The Morgan fingerprint density at radius 1 is 1.37 bits per heavy atom. The fourth-order valence-corrected chi connectivity index (χ4v) is 2.07. The first-order valence-electron chi connectivity index (χ1n) is 5.80. The lowest BCUT2D eigenvalue weighted by Crippen LogP contribution is -2.32. The zero-order valence-electron chi connectivity index (χ0n) is 10.6. The van der Waals surface area contributed by atoms with Crippen molar-refractivity contribution in [3.05, 3.63) is 35.6 Å². The van der Waals surface area contributed by atoms with Gasteiger partial charge in [0.05, 0.1) is 11.7 Å². The average Bonchev–Trinajstić information content (AvgIpc) is 2.38. The summed E-state index contributed by atoms with van der Waals surface area (Å²) in [5, 5.41) is 11.2. The highest BCUT2D eigenvalue weighted by atomic mass is 32.2. The van der Waals surface area contributed by atoms with Gasteiger partial charge in [-0.2, -0.15) is 0 Å². The number of hydrogen-bond donors (Lipinski definition) is 2. The van der Waals surface area contributed by atoms with Crippen molar-refractivity contribution >= 4 is 23.6 Å². The van der Waals surface area contributed by atoms with E-state index >= 15 is 0 Å². The molecule has 0 spiro atoms. The van der Waals surface area contributed by atoms with Crippen molar-refractivity contribution < 1.29 is 19.1 Å². The molecular formula is C13H16FNO3S. The van der Waals surface area contributed by atoms with E-state index in [1.807, 2.05) is 0 Å². The molecule has 1 aromatic rings. The van der Waals surface area contributed by atoms with Crippen LogP contribution in [0.4, 0.5) is 4.39 Å². The van der Waals surface area contributed by atoms with Gasteiger partial charge in [0, 0.05) is 12.3 Å². The molecular weight excluding hydrogens is 269 g/mol. The minimum Gasteiger partial charge on any atom is -0.481 e. The van der Waals surface area contributed by atoms with E-state index in [0.717, 1.165) is 5.56 Å². The molecule has 0 aliphatic rings. The third-order valence-electron chi connectivity index (χ3n) is 2.44. The lowest BCUT2D eigenvalue weighted by molar-refractivity contribution is -0.141. The van der Waals surface area contributed by atoms with E-state index in [2.05, 4.69) is 5.32 Å². The van der Waals surface area contributed by atoms with Crippen molar-refractivity contribution in [1.82, 2.24) is 5.32 Å². The Hall–Kier alpha value is -1.56. The maximum atomic E-state index is 12.7. The first-order chi connectivity index (χ1) is 8.99. The van der Waals surface area contributed by atoms with Crippen LogP contribution in [-0.2, 0) is 15.3 Å². The van der Waals surface area contributed by atoms with Gasteiger partial charge in [-0.25, -0.2) is 4.39 Å². The number of halogens is 1. The summed E-state index contributed by atoms with van der Waals surface area (Å²) in [5.41, 5.74) is 0.943. The number of carboxylic acid groups (broad SMARTS) is 1. The van der Waals surface area contributed by atoms with E-state index in [-0.39, 0.29) is 24.0 Å². The van der Waals surface area contributed by atoms with Crippen molar-refractivity contribution in [2.45, 2.75) is 12.7 Å². The molecule has 0 aliphatic heterocycles. The summed E-state index contributed by atoms with van der Waals surface area (Å²) in [5.74, 6) is -1.13. The quantitative estimate of drug-likeness (QED) is 0.803. The number of amides is 1. The molecule has 0 aliphatic carbocycles. The second-order valence-corrected chi connectivity index (χ2v) is 5.15. The molecule has 4 nitrogen and oxygen atoms in total. The van der Waals surface area contributed by atoms with Crippen LogP contribution in [0.25, 0.3) is 0 Å². The Morgan fingerprint density at radius 2 is 2.00 bits per heavy atom. The Bertz CT molecular complexity index is 436. The highest BCUT2D eigenvalue weighted by Crippen LogP contribution is 2.12. The highest BCUT2D eigenvalue weighted by Gasteiger charge is 2.11. The van der Waals surface area contributed by atoms with Gasteiger partial charge in [0.1, 0.15) is 5.82 Å². The Morgan fingerprint density at radius 3 is 2.58 bits per heavy atom. The van der Waals surface area contributed by atoms with Crippen LogP contribution < -0.4 is 5.32 Å². The minimum absolute atomic E-state index is 0.130. The lowest BCUT2D eigenvalue weighted by atomic mass is 10.2. The zero-order chi connectivity index (χ0) is 14.3. The molecule has 19 heavy (non-hydrogen) atoms. The largest absolute Gasteiger partial charge is 0.481 e. The molecule has 0 saturated heterocycles. The van der Waals surface area contributed by atoms with Crippen molar-refractivity contribution in [2.24, 2.45) is 5.92 Å². The van der Waals surface area contributed by atoms with Gasteiger partial charge in [-0.3, -0.25) is 9.59 Å². The normalized spacial score (nSPS) is 11.9. The van der Waals surface area contributed by atoms with E-state index < -0.39 is 11.9 Å². The summed E-state index contributed by atoms with van der Waals surface area (Å²) in [6.45, 7) is 1.67. The molecule has 6 heteroatoms. The molecule has 1 amide bonds. The molecule has 1 atom stereocenters. The first-order valence-corrected chi connectivity index (χ1v) is 6.96. The van der Waals surface area contributed by atoms with E-state index in [0.29, 0.717) is 5.75 Å². The van der Waals surface area contributed by atoms with Gasteiger partial charge in [0.2, 0.25) is 5.91 Å². The van der Waals surface area contributed by atoms with Crippen LogP contribution in [0.5, 0.6) is 0 Å². The predicted octanol–water partition coefficient (Wildman–Crippen LogP) is 1.90. The second kappa shape index (κ2) is 7.78. The van der Waals surface area contributed by atoms with Crippen LogP contribution in [-0.4, -0.2) is 29.3 Å². The van der Waals surface area contributed by atoms with Crippen LogP contribution in [0.3, 0.4) is 0 Å². The van der Waals surface area contributed by atoms with Crippen LogP contribution in [0.2, 0.25) is 0 Å². The van der Waals surface area contributed by atoms with E-state index in [9.17, 15) is 14.0 Å². The van der Waals surface area contributed by atoms with Gasteiger partial charge in [-0.1, -0.05) is 19.1 Å². The van der Waals surface area contributed by atoms with Gasteiger partial charge in [0.15, 0.2) is 0 Å². The molecule has 2 N–H and O–H groups in total. The van der Waals surface area contributed by atoms with Gasteiger partial charge in [-0.05, 0) is 17.7 Å². The van der Waals surface area contributed by atoms with Crippen LogP contribution in [0.1, 0.15) is 12.5 Å². The van der Waals surface area contributed by atoms with Crippen LogP contribution >= 0.6 is 11.8 Å². The number of rotatable bonds is 7. The van der Waals surface area contributed by atoms with E-state index in [4.69, 9.17) is 5.11 Å². The molecule has 104 valence electrons. The molecule has 0 saturated carbocycles. The first kappa shape index (κ1) is 15.5. The number of aliphatic carboxylic acids is 1. The van der Waals surface area contributed by atoms with Crippen molar-refractivity contribution in [3.8, 4) is 0 Å². The molecule has 1 aromatic carbocycles. The highest BCUT2D eigenvalue weighted by molar-refractivity contribution is 7.99. The SMILES string of the molecule is CC(CNC(=O)CSCc1ccc(F)cc1)C(=O)O. The molecule has 1 unspecified atom stereocenters. The van der Waals surface area contributed by atoms with Crippen molar-refractivity contribution in [2.75, 3.05) is 12.3 Å². The third kappa shape index (κ3) is 6.24. The fraction of sp³-hybridized carbons (Fsp3) is 0.385.